The van der Waals surface area contributed by atoms with E-state index in [-0.39, 0.29) is 6.04 Å². The van der Waals surface area contributed by atoms with Crippen molar-refractivity contribution in [2.75, 3.05) is 6.54 Å². The van der Waals surface area contributed by atoms with Gasteiger partial charge in [-0.15, -0.1) is 0 Å². The summed E-state index contributed by atoms with van der Waals surface area (Å²) in [5.74, 6) is 0. The van der Waals surface area contributed by atoms with Gasteiger partial charge in [0.15, 0.2) is 0 Å². The third-order valence-electron chi connectivity index (χ3n) is 2.73. The lowest BCUT2D eigenvalue weighted by atomic mass is 10.0. The minimum atomic E-state index is -4.36. The van der Waals surface area contributed by atoms with Gasteiger partial charge in [0.05, 0.1) is 5.69 Å². The molecule has 0 bridgehead atoms. The van der Waals surface area contributed by atoms with Crippen molar-refractivity contribution in [2.24, 2.45) is 0 Å². The average molecular weight is 230 g/mol. The molecule has 1 unspecified atom stereocenters. The lowest BCUT2D eigenvalue weighted by Gasteiger charge is -2.23. The third-order valence-corrected chi connectivity index (χ3v) is 2.73. The Hall–Kier alpha value is -1.10. The van der Waals surface area contributed by atoms with Crippen molar-refractivity contribution in [3.05, 3.63) is 29.6 Å². The Labute approximate surface area is 91.9 Å². The number of pyridine rings is 1. The van der Waals surface area contributed by atoms with Crippen LogP contribution in [-0.2, 0) is 6.18 Å². The highest BCUT2D eigenvalue weighted by Crippen LogP contribution is 2.29. The summed E-state index contributed by atoms with van der Waals surface area (Å²) in [6.45, 7) is 0.850. The van der Waals surface area contributed by atoms with Gasteiger partial charge in [-0.25, -0.2) is 4.98 Å². The van der Waals surface area contributed by atoms with Crippen molar-refractivity contribution >= 4 is 0 Å². The van der Waals surface area contributed by atoms with Crippen LogP contribution in [0, 0.1) is 0 Å². The Kier molecular flexibility index (Phi) is 3.14. The number of halogens is 3. The van der Waals surface area contributed by atoms with Crippen LogP contribution in [0.5, 0.6) is 0 Å². The lowest BCUT2D eigenvalue weighted by molar-refractivity contribution is -0.141. The second-order valence-electron chi connectivity index (χ2n) is 3.95. The molecule has 1 fully saturated rings. The van der Waals surface area contributed by atoms with Crippen LogP contribution in [0.2, 0.25) is 0 Å². The van der Waals surface area contributed by atoms with Crippen LogP contribution in [0.4, 0.5) is 13.2 Å². The Bertz CT molecular complexity index is 356. The maximum atomic E-state index is 12.5. The molecule has 5 heteroatoms. The highest BCUT2D eigenvalue weighted by molar-refractivity contribution is 5.16. The average Bonchev–Trinajstić information content (AvgIpc) is 2.29. The van der Waals surface area contributed by atoms with E-state index in [9.17, 15) is 13.2 Å². The van der Waals surface area contributed by atoms with Crippen molar-refractivity contribution < 1.29 is 13.2 Å². The predicted molar refractivity (Wildman–Crippen MR) is 53.8 cm³/mol. The highest BCUT2D eigenvalue weighted by Gasteiger charge is 2.33. The van der Waals surface area contributed by atoms with Crippen LogP contribution < -0.4 is 5.32 Å². The molecule has 1 aromatic rings. The predicted octanol–water partition coefficient (Wildman–Crippen LogP) is 2.92. The molecule has 0 aliphatic carbocycles. The number of alkyl halides is 3. The summed E-state index contributed by atoms with van der Waals surface area (Å²) in [5, 5.41) is 3.18. The van der Waals surface area contributed by atoms with Gasteiger partial charge in [-0.3, -0.25) is 0 Å². The molecule has 0 saturated carbocycles. The van der Waals surface area contributed by atoms with Crippen LogP contribution in [0.3, 0.4) is 0 Å². The molecule has 88 valence electrons. The molecule has 1 saturated heterocycles. The zero-order valence-electron chi connectivity index (χ0n) is 8.72. The highest BCUT2D eigenvalue weighted by atomic mass is 19.4. The Morgan fingerprint density at radius 2 is 2.06 bits per heavy atom. The Balaban J connectivity index is 2.21. The normalized spacial score (nSPS) is 22.1. The number of aromatic nitrogens is 1. The van der Waals surface area contributed by atoms with Gasteiger partial charge in [0.25, 0.3) is 0 Å². The van der Waals surface area contributed by atoms with Gasteiger partial charge in [-0.05, 0) is 31.5 Å². The van der Waals surface area contributed by atoms with Crippen LogP contribution in [0.1, 0.15) is 36.7 Å². The van der Waals surface area contributed by atoms with Gasteiger partial charge in [0.2, 0.25) is 0 Å². The number of nitrogens with zero attached hydrogens (tertiary/aromatic N) is 1. The fraction of sp³-hybridized carbons (Fsp3) is 0.545. The van der Waals surface area contributed by atoms with Crippen molar-refractivity contribution in [1.29, 1.82) is 0 Å². The standard InChI is InChI=1S/C11H13F3N2/c12-11(13,14)10-6-3-5-9(16-10)8-4-1-2-7-15-8/h3,5-6,8,15H,1-2,4,7H2. The molecule has 1 atom stereocenters. The van der Waals surface area contributed by atoms with E-state index < -0.39 is 11.9 Å². The monoisotopic (exact) mass is 230 g/mol. The second-order valence-corrected chi connectivity index (χ2v) is 3.95. The summed E-state index contributed by atoms with van der Waals surface area (Å²) in [6, 6.07) is 4.04. The topological polar surface area (TPSA) is 24.9 Å². The van der Waals surface area contributed by atoms with Gasteiger partial charge >= 0.3 is 6.18 Å². The molecule has 0 aromatic carbocycles. The first kappa shape index (κ1) is 11.4. The molecule has 2 heterocycles. The largest absolute Gasteiger partial charge is 0.433 e. The molecule has 16 heavy (non-hydrogen) atoms. The summed E-state index contributed by atoms with van der Waals surface area (Å²) in [5.41, 5.74) is -0.313. The molecule has 2 nitrogen and oxygen atoms in total. The van der Waals surface area contributed by atoms with Gasteiger partial charge in [0.1, 0.15) is 5.69 Å². The summed E-state index contributed by atoms with van der Waals surface area (Å²) in [4.78, 5) is 3.68. The molecule has 1 N–H and O–H groups in total. The fourth-order valence-electron chi connectivity index (χ4n) is 1.91. The lowest BCUT2D eigenvalue weighted by Crippen LogP contribution is -2.28. The zero-order chi connectivity index (χ0) is 11.6. The molecule has 0 amide bonds. The first-order valence-corrected chi connectivity index (χ1v) is 5.35. The fourth-order valence-corrected chi connectivity index (χ4v) is 1.91. The Morgan fingerprint density at radius 1 is 1.25 bits per heavy atom. The van der Waals surface area contributed by atoms with Gasteiger partial charge in [0, 0.05) is 6.04 Å². The van der Waals surface area contributed by atoms with Gasteiger partial charge < -0.3 is 5.32 Å². The van der Waals surface area contributed by atoms with Gasteiger partial charge in [-0.1, -0.05) is 12.5 Å². The molecule has 1 aliphatic rings. The van der Waals surface area contributed by atoms with Crippen molar-refractivity contribution in [3.63, 3.8) is 0 Å². The summed E-state index contributed by atoms with van der Waals surface area (Å²) >= 11 is 0. The summed E-state index contributed by atoms with van der Waals surface area (Å²) in [7, 11) is 0. The molecule has 1 aromatic heterocycles. The van der Waals surface area contributed by atoms with E-state index in [0.717, 1.165) is 31.9 Å². The first-order chi connectivity index (χ1) is 7.57. The second kappa shape index (κ2) is 4.41. The smallest absolute Gasteiger partial charge is 0.309 e. The Morgan fingerprint density at radius 3 is 2.69 bits per heavy atom. The number of rotatable bonds is 1. The van der Waals surface area contributed by atoms with Crippen molar-refractivity contribution in [3.8, 4) is 0 Å². The quantitative estimate of drug-likeness (QED) is 0.802. The van der Waals surface area contributed by atoms with Crippen LogP contribution in [0.25, 0.3) is 0 Å². The van der Waals surface area contributed by atoms with Crippen LogP contribution in [-0.4, -0.2) is 11.5 Å². The first-order valence-electron chi connectivity index (χ1n) is 5.35. The molecule has 0 spiro atoms. The van der Waals surface area contributed by atoms with Crippen LogP contribution in [0.15, 0.2) is 18.2 Å². The summed E-state index contributed by atoms with van der Waals surface area (Å²) < 4.78 is 37.4. The molecular weight excluding hydrogens is 217 g/mol. The molecule has 0 radical (unpaired) electrons. The number of piperidine rings is 1. The van der Waals surface area contributed by atoms with Crippen molar-refractivity contribution in [2.45, 2.75) is 31.5 Å². The zero-order valence-corrected chi connectivity index (χ0v) is 8.72. The summed E-state index contributed by atoms with van der Waals surface area (Å²) in [6.07, 6.45) is -1.38. The SMILES string of the molecule is FC(F)(F)c1cccc(C2CCCCN2)n1. The van der Waals surface area contributed by atoms with E-state index in [1.165, 1.54) is 6.07 Å². The van der Waals surface area contributed by atoms with Gasteiger partial charge in [-0.2, -0.15) is 13.2 Å². The molecule has 2 rings (SSSR count). The molecule has 1 aliphatic heterocycles. The number of hydrogen-bond acceptors (Lipinski definition) is 2. The van der Waals surface area contributed by atoms with E-state index in [2.05, 4.69) is 10.3 Å². The van der Waals surface area contributed by atoms with E-state index >= 15 is 0 Å². The maximum absolute atomic E-state index is 12.5. The van der Waals surface area contributed by atoms with E-state index in [4.69, 9.17) is 0 Å². The third kappa shape index (κ3) is 2.52. The number of nitrogens with one attached hydrogen (secondary N) is 1. The van der Waals surface area contributed by atoms with Crippen molar-refractivity contribution in [1.82, 2.24) is 10.3 Å². The molecular formula is C11H13F3N2. The van der Waals surface area contributed by atoms with E-state index in [1.807, 2.05) is 0 Å². The van der Waals surface area contributed by atoms with E-state index in [1.54, 1.807) is 6.07 Å². The minimum absolute atomic E-state index is 0.0314. The van der Waals surface area contributed by atoms with E-state index in [0.29, 0.717) is 5.69 Å². The maximum Gasteiger partial charge on any atom is 0.433 e. The number of hydrogen-bond donors (Lipinski definition) is 1. The van der Waals surface area contributed by atoms with Crippen LogP contribution >= 0.6 is 0 Å². The minimum Gasteiger partial charge on any atom is -0.309 e.